The fourth-order valence-electron chi connectivity index (χ4n) is 5.23. The van der Waals surface area contributed by atoms with Gasteiger partial charge in [-0.15, -0.1) is 0 Å². The summed E-state index contributed by atoms with van der Waals surface area (Å²) in [5, 5.41) is 5.13. The number of likely N-dealkylation sites (tertiary alicyclic amines) is 1. The monoisotopic (exact) mass is 504 g/mol. The number of amides is 1. The van der Waals surface area contributed by atoms with E-state index in [0.717, 1.165) is 70.1 Å². The Balaban J connectivity index is 1.72. The minimum Gasteiger partial charge on any atom is -0.348 e. The van der Waals surface area contributed by atoms with Gasteiger partial charge in [0.25, 0.3) is 5.91 Å². The summed E-state index contributed by atoms with van der Waals surface area (Å²) < 4.78 is 25.3. The smallest absolute Gasteiger partial charge is 0.251 e. The van der Waals surface area contributed by atoms with Crippen molar-refractivity contribution < 1.29 is 13.2 Å². The number of aryl methyl sites for hydroxylation is 2. The molecule has 2 aromatic heterocycles. The van der Waals surface area contributed by atoms with Gasteiger partial charge in [0.05, 0.1) is 16.2 Å². The lowest BCUT2D eigenvalue weighted by molar-refractivity contribution is 0.0912. The van der Waals surface area contributed by atoms with Crippen molar-refractivity contribution in [2.75, 3.05) is 25.9 Å². The predicted molar refractivity (Wildman–Crippen MR) is 144 cm³/mol. The third-order valence-electron chi connectivity index (χ3n) is 7.21. The molecular formula is C28H32N4O3S. The highest BCUT2D eigenvalue weighted by Crippen LogP contribution is 2.38. The van der Waals surface area contributed by atoms with E-state index in [1.807, 2.05) is 32.2 Å². The maximum Gasteiger partial charge on any atom is 0.251 e. The summed E-state index contributed by atoms with van der Waals surface area (Å²) in [4.78, 5) is 24.1. The second-order valence-electron chi connectivity index (χ2n) is 9.89. The molecule has 4 aromatic rings. The van der Waals surface area contributed by atoms with Crippen molar-refractivity contribution in [2.24, 2.45) is 0 Å². The Kier molecular flexibility index (Phi) is 6.34. The number of hydrogen-bond donors (Lipinski definition) is 2. The topological polar surface area (TPSA) is 95.2 Å². The molecule has 2 aromatic carbocycles. The Labute approximate surface area is 211 Å². The van der Waals surface area contributed by atoms with Crippen molar-refractivity contribution >= 4 is 37.7 Å². The van der Waals surface area contributed by atoms with Crippen LogP contribution in [0.25, 0.3) is 33.1 Å². The van der Waals surface area contributed by atoms with E-state index in [4.69, 9.17) is 0 Å². The molecule has 1 aliphatic heterocycles. The Hall–Kier alpha value is -3.23. The van der Waals surface area contributed by atoms with Crippen molar-refractivity contribution in [3.63, 3.8) is 0 Å². The van der Waals surface area contributed by atoms with E-state index in [1.54, 1.807) is 25.1 Å². The fraction of sp³-hybridized carbons (Fsp3) is 0.357. The first-order valence-electron chi connectivity index (χ1n) is 12.4. The molecule has 0 unspecified atom stereocenters. The molecule has 7 nitrogen and oxygen atoms in total. The van der Waals surface area contributed by atoms with Crippen molar-refractivity contribution in [3.8, 4) is 11.1 Å². The molecule has 1 aliphatic rings. The Morgan fingerprint density at radius 2 is 2.03 bits per heavy atom. The third-order valence-corrected chi connectivity index (χ3v) is 8.94. The van der Waals surface area contributed by atoms with Gasteiger partial charge in [-0.3, -0.25) is 4.79 Å². The summed E-state index contributed by atoms with van der Waals surface area (Å²) in [5.74, 6) is -0.0875. The van der Waals surface area contributed by atoms with Crippen LogP contribution in [0, 0.1) is 13.8 Å². The van der Waals surface area contributed by atoms with Crippen molar-refractivity contribution in [1.29, 1.82) is 0 Å². The maximum atomic E-state index is 13.6. The number of piperidine rings is 1. The number of likely N-dealkylation sites (N-methyl/N-ethyl adjacent to an activating group) is 1. The number of nitrogens with zero attached hydrogens (tertiary/aromatic N) is 2. The highest BCUT2D eigenvalue weighted by atomic mass is 32.2. The molecule has 1 atom stereocenters. The first-order chi connectivity index (χ1) is 17.2. The average Bonchev–Trinajstić information content (AvgIpc) is 3.23. The molecule has 0 aliphatic carbocycles. The molecule has 5 rings (SSSR count). The largest absolute Gasteiger partial charge is 0.348 e. The number of carbonyl (C=O) groups is 1. The quantitative estimate of drug-likeness (QED) is 0.414. The number of pyridine rings is 1. The predicted octanol–water partition coefficient (Wildman–Crippen LogP) is 4.62. The number of H-pyrrole nitrogens is 1. The van der Waals surface area contributed by atoms with Crippen LogP contribution in [0.5, 0.6) is 0 Å². The number of aromatic nitrogens is 2. The number of nitrogens with one attached hydrogen (secondary N) is 2. The zero-order valence-corrected chi connectivity index (χ0v) is 22.0. The molecule has 188 valence electrons. The highest BCUT2D eigenvalue weighted by molar-refractivity contribution is 7.91. The lowest BCUT2D eigenvalue weighted by Gasteiger charge is -2.30. The van der Waals surface area contributed by atoms with Gasteiger partial charge in [-0.05, 0) is 86.8 Å². The van der Waals surface area contributed by atoms with Gasteiger partial charge in [0.15, 0.2) is 9.84 Å². The lowest BCUT2D eigenvalue weighted by Crippen LogP contribution is -2.46. The molecule has 0 spiro atoms. The van der Waals surface area contributed by atoms with Gasteiger partial charge in [-0.1, -0.05) is 19.1 Å². The lowest BCUT2D eigenvalue weighted by atomic mass is 9.93. The summed E-state index contributed by atoms with van der Waals surface area (Å²) in [7, 11) is -1.31. The van der Waals surface area contributed by atoms with Crippen LogP contribution in [-0.4, -0.2) is 61.1 Å². The molecular weight excluding hydrogens is 472 g/mol. The Morgan fingerprint density at radius 3 is 2.78 bits per heavy atom. The molecule has 1 amide bonds. The van der Waals surface area contributed by atoms with Crippen molar-refractivity contribution in [1.82, 2.24) is 20.2 Å². The summed E-state index contributed by atoms with van der Waals surface area (Å²) in [5.41, 5.74) is 5.61. The second-order valence-corrected chi connectivity index (χ2v) is 12.2. The molecule has 1 fully saturated rings. The Morgan fingerprint density at radius 1 is 1.22 bits per heavy atom. The Bertz CT molecular complexity index is 1590. The second kappa shape index (κ2) is 9.33. The van der Waals surface area contributed by atoms with Crippen LogP contribution in [0.3, 0.4) is 0 Å². The molecule has 3 heterocycles. The molecule has 2 N–H and O–H groups in total. The van der Waals surface area contributed by atoms with Crippen LogP contribution in [0.15, 0.2) is 47.5 Å². The van der Waals surface area contributed by atoms with E-state index < -0.39 is 9.84 Å². The van der Waals surface area contributed by atoms with E-state index in [2.05, 4.69) is 33.3 Å². The van der Waals surface area contributed by atoms with E-state index in [1.165, 1.54) is 0 Å². The fourth-order valence-corrected chi connectivity index (χ4v) is 6.16. The number of hydrogen-bond acceptors (Lipinski definition) is 5. The van der Waals surface area contributed by atoms with Gasteiger partial charge in [0, 0.05) is 35.1 Å². The SMILES string of the molecule is CCS(=O)(=O)c1cccc(-c2cc(C(=O)N[C@@H]3CCCN(C)C3)c(C)c3[nH]c4ncc(C)cc4c23)c1. The van der Waals surface area contributed by atoms with E-state index in [0.29, 0.717) is 5.56 Å². The molecule has 0 bridgehead atoms. The number of carbonyl (C=O) groups excluding carboxylic acids is 1. The van der Waals surface area contributed by atoms with Gasteiger partial charge in [0.2, 0.25) is 0 Å². The zero-order chi connectivity index (χ0) is 25.6. The number of benzene rings is 2. The minimum absolute atomic E-state index is 0.0272. The minimum atomic E-state index is -3.38. The van der Waals surface area contributed by atoms with Crippen LogP contribution in [0.2, 0.25) is 0 Å². The van der Waals surface area contributed by atoms with Gasteiger partial charge < -0.3 is 15.2 Å². The summed E-state index contributed by atoms with van der Waals surface area (Å²) in [6.07, 6.45) is 3.82. The summed E-state index contributed by atoms with van der Waals surface area (Å²) in [6, 6.07) is 11.1. The normalized spacial score (nSPS) is 17.1. The highest BCUT2D eigenvalue weighted by Gasteiger charge is 2.24. The third kappa shape index (κ3) is 4.40. The van der Waals surface area contributed by atoms with Crippen LogP contribution in [0.4, 0.5) is 0 Å². The van der Waals surface area contributed by atoms with Crippen LogP contribution in [0.1, 0.15) is 41.3 Å². The van der Waals surface area contributed by atoms with E-state index >= 15 is 0 Å². The first-order valence-corrected chi connectivity index (χ1v) is 14.1. The summed E-state index contributed by atoms with van der Waals surface area (Å²) in [6.45, 7) is 7.46. The zero-order valence-electron chi connectivity index (χ0n) is 21.2. The van der Waals surface area contributed by atoms with Crippen LogP contribution in [-0.2, 0) is 9.84 Å². The van der Waals surface area contributed by atoms with E-state index in [-0.39, 0.29) is 22.6 Å². The molecule has 0 radical (unpaired) electrons. The summed E-state index contributed by atoms with van der Waals surface area (Å²) >= 11 is 0. The number of aromatic amines is 1. The van der Waals surface area contributed by atoms with E-state index in [9.17, 15) is 13.2 Å². The molecule has 36 heavy (non-hydrogen) atoms. The van der Waals surface area contributed by atoms with Gasteiger partial charge >= 0.3 is 0 Å². The van der Waals surface area contributed by atoms with Crippen LogP contribution < -0.4 is 5.32 Å². The van der Waals surface area contributed by atoms with Crippen molar-refractivity contribution in [3.05, 3.63) is 59.3 Å². The van der Waals surface area contributed by atoms with Crippen LogP contribution >= 0.6 is 0 Å². The van der Waals surface area contributed by atoms with Gasteiger partial charge in [-0.25, -0.2) is 13.4 Å². The van der Waals surface area contributed by atoms with Crippen molar-refractivity contribution in [2.45, 2.75) is 44.6 Å². The standard InChI is InChI=1S/C28H32N4O3S/c1-5-36(34,35)21-10-6-8-19(13-21)23-14-22(28(33)30-20-9-7-11-32(4)16-20)18(3)26-25(23)24-12-17(2)15-29-27(24)31-26/h6,8,10,12-15,20H,5,7,9,11,16H2,1-4H3,(H,29,31)(H,30,33)/t20-/m1/s1. The number of rotatable bonds is 5. The average molecular weight is 505 g/mol. The van der Waals surface area contributed by atoms with Gasteiger partial charge in [0.1, 0.15) is 5.65 Å². The maximum absolute atomic E-state index is 13.6. The van der Waals surface area contributed by atoms with Gasteiger partial charge in [-0.2, -0.15) is 0 Å². The first kappa shape index (κ1) is 24.5. The molecule has 8 heteroatoms. The molecule has 1 saturated heterocycles. The molecule has 0 saturated carbocycles. The number of fused-ring (bicyclic) bond motifs is 3. The number of sulfone groups is 1.